The predicted octanol–water partition coefficient (Wildman–Crippen LogP) is 18.4. The van der Waals surface area contributed by atoms with Crippen LogP contribution in [-0.2, 0) is 104 Å². The Kier molecular flexibility index (Phi) is 43.2. The van der Waals surface area contributed by atoms with E-state index in [0.717, 1.165) is 156 Å². The third-order valence-corrected chi connectivity index (χ3v) is 31.5. The van der Waals surface area contributed by atoms with E-state index < -0.39 is 0 Å². The van der Waals surface area contributed by atoms with Crippen LogP contribution in [-0.4, -0.2) is 149 Å². The Morgan fingerprint density at radius 3 is 0.333 bits per heavy atom. The molecular weight excluding hydrogens is 1760 g/mol. The monoisotopic (exact) mass is 1930 g/mol. The van der Waals surface area contributed by atoms with Gasteiger partial charge in [0.05, 0.1) is 0 Å². The SMILES string of the molecule is c1ccc(C[C@@H]2CN[C@@H]3CCCC[C@H]3NC[C@@H](Cc3ccccc3)NCc3ccc(cc3)CN[C@H](Cc3ccccc3)CN[C@@H]3CCCC[C@H]3NC[C@@H](Cc3ccccc3)NCc3ccc(cc3)CN[C@H](Cc3ccccc3)CN[C@@H]3CCCC[C@H]3NC[C@@H](Cc3ccccc3)NCc3ccc(cc3)CN[C@H](Cc3ccccc3)CN[C@@H]3CCCC[C@H]3NC[C@@H](Cc3ccccc3)NCc3ccc(cc3)CN2)cc1. The molecule has 4 saturated carbocycles. The molecule has 16 heteroatoms. The summed E-state index contributed by atoms with van der Waals surface area (Å²) in [7, 11) is 0. The standard InChI is InChI=1S/C128H168N16/c1-9-33-97(34-10-1)73-113-89-137-121-49-25-26-50-122(121)138-90-114(74-98-35-11-2-12-36-98)131-83-107-61-63-108(64-62-107)84-132-117(77-101-41-17-5-18-42-101)93-141-125-53-29-30-54-126(125)142-94-118(78-102-43-19-6-20-44-102)135-87-111-69-71-112(72-70-111)88-136-120(80-104-47-23-8-24-48-104)96-144-128-56-32-31-55-127(128)143-95-119(79-103-45-21-7-22-46-103)134-86-110-67-65-109(66-68-110)85-133-116(76-100-39-15-4-16-40-100)92-140-124-52-28-27-51-123(124)139-91-115(75-99-37-13-3-14-38-99)130-82-106-59-57-105(58-60-106)81-129-113/h1-24,33-48,57-72,113-144H,25-32,49-56,73-96H2/t113-,114-,115-,116-,117-,118-,119-,120-,121-,122-,123-,124-,125-,126-,127-,128-/m1/s1. The highest BCUT2D eigenvalue weighted by molar-refractivity contribution is 5.31. The van der Waals surface area contributed by atoms with E-state index in [1.807, 2.05) is 0 Å². The molecule has 4 fully saturated rings. The van der Waals surface area contributed by atoms with Crippen molar-refractivity contribution in [3.05, 3.63) is 429 Å². The molecule has 16 atom stereocenters. The van der Waals surface area contributed by atoms with Crippen molar-refractivity contribution in [1.29, 1.82) is 0 Å². The van der Waals surface area contributed by atoms with Crippen LogP contribution in [0, 0.1) is 0 Å². The summed E-state index contributed by atoms with van der Waals surface area (Å²) in [5.41, 5.74) is 21.4. The average molecular weight is 1930 g/mol. The molecule has 12 aromatic rings. The molecule has 7 aliphatic heterocycles. The molecular formula is C128H168N16. The second-order valence-electron chi connectivity index (χ2n) is 42.7. The van der Waals surface area contributed by atoms with Crippen LogP contribution in [0.5, 0.6) is 0 Å². The van der Waals surface area contributed by atoms with Gasteiger partial charge in [0.15, 0.2) is 0 Å². The Morgan fingerprint density at radius 1 is 0.125 bits per heavy atom. The normalized spacial score (nSPS) is 25.8. The third kappa shape index (κ3) is 36.2. The number of hydrogen-bond acceptors (Lipinski definition) is 16. The van der Waals surface area contributed by atoms with Crippen molar-refractivity contribution >= 4 is 0 Å². The van der Waals surface area contributed by atoms with E-state index in [1.165, 1.54) is 192 Å². The van der Waals surface area contributed by atoms with E-state index in [0.29, 0.717) is 48.3 Å². The van der Waals surface area contributed by atoms with E-state index in [1.54, 1.807) is 0 Å². The van der Waals surface area contributed by atoms with Gasteiger partial charge in [0.25, 0.3) is 0 Å². The molecule has 23 rings (SSSR count). The van der Waals surface area contributed by atoms with Crippen molar-refractivity contribution in [2.45, 2.75) is 303 Å². The van der Waals surface area contributed by atoms with E-state index in [4.69, 9.17) is 0 Å². The van der Waals surface area contributed by atoms with Gasteiger partial charge in [-0.2, -0.15) is 0 Å². The van der Waals surface area contributed by atoms with Crippen LogP contribution in [0.25, 0.3) is 0 Å². The summed E-state index contributed by atoms with van der Waals surface area (Å²) in [4.78, 5) is 0. The van der Waals surface area contributed by atoms with Gasteiger partial charge in [0.2, 0.25) is 0 Å². The van der Waals surface area contributed by atoms with Crippen molar-refractivity contribution in [2.24, 2.45) is 0 Å². The molecule has 0 unspecified atom stereocenters. The van der Waals surface area contributed by atoms with E-state index in [9.17, 15) is 0 Å². The van der Waals surface area contributed by atoms with E-state index in [-0.39, 0.29) is 48.3 Å². The Hall–Kier alpha value is -10.0. The summed E-state index contributed by atoms with van der Waals surface area (Å²) in [5.74, 6) is 0. The van der Waals surface area contributed by atoms with Crippen molar-refractivity contribution in [3.8, 4) is 0 Å². The molecule has 4 aliphatic carbocycles. The molecule has 0 spiro atoms. The van der Waals surface area contributed by atoms with E-state index in [2.05, 4.69) is 425 Å². The van der Waals surface area contributed by atoms with Crippen LogP contribution in [0.4, 0.5) is 0 Å². The zero-order chi connectivity index (χ0) is 97.7. The lowest BCUT2D eigenvalue weighted by molar-refractivity contribution is 0.266. The first-order valence-corrected chi connectivity index (χ1v) is 55.6. The molecule has 0 saturated heterocycles. The lowest BCUT2D eigenvalue weighted by Gasteiger charge is -2.35. The minimum absolute atomic E-state index is 0.252. The molecule has 0 amide bonds. The van der Waals surface area contributed by atoms with Crippen molar-refractivity contribution in [2.75, 3.05) is 52.4 Å². The molecule has 144 heavy (non-hydrogen) atoms. The quantitative estimate of drug-likeness (QED) is 0.0437. The molecule has 0 radical (unpaired) electrons. The van der Waals surface area contributed by atoms with Crippen LogP contribution in [0.3, 0.4) is 0 Å². The van der Waals surface area contributed by atoms with Gasteiger partial charge >= 0.3 is 0 Å². The largest absolute Gasteiger partial charge is 0.311 e. The lowest BCUT2D eigenvalue weighted by atomic mass is 9.89. The van der Waals surface area contributed by atoms with Crippen LogP contribution < -0.4 is 85.1 Å². The topological polar surface area (TPSA) is 192 Å². The van der Waals surface area contributed by atoms with Gasteiger partial charge in [0, 0.05) is 201 Å². The molecule has 16 N–H and O–H groups in total. The summed E-state index contributed by atoms with van der Waals surface area (Å²) in [6.45, 7) is 13.6. The number of benzene rings is 12. The number of nitrogens with one attached hydrogen (secondary N) is 16. The Morgan fingerprint density at radius 2 is 0.229 bits per heavy atom. The lowest BCUT2D eigenvalue weighted by Crippen LogP contribution is -2.55. The fraction of sp³-hybridized carbons (Fsp3) is 0.438. The first kappa shape index (κ1) is 105. The zero-order valence-electron chi connectivity index (χ0n) is 85.9. The third-order valence-electron chi connectivity index (χ3n) is 31.5. The fourth-order valence-electron chi connectivity index (χ4n) is 22.9. The highest BCUT2D eigenvalue weighted by Crippen LogP contribution is 2.27. The fourth-order valence-corrected chi connectivity index (χ4v) is 22.9. The van der Waals surface area contributed by atoms with Crippen LogP contribution in [0.1, 0.15) is 192 Å². The molecule has 760 valence electrons. The van der Waals surface area contributed by atoms with Gasteiger partial charge in [-0.25, -0.2) is 0 Å². The van der Waals surface area contributed by atoms with Crippen molar-refractivity contribution < 1.29 is 0 Å². The zero-order valence-corrected chi connectivity index (χ0v) is 85.9. The minimum Gasteiger partial charge on any atom is -0.311 e. The number of hydrogen-bond donors (Lipinski definition) is 16. The first-order valence-electron chi connectivity index (χ1n) is 55.6. The number of rotatable bonds is 16. The van der Waals surface area contributed by atoms with Gasteiger partial charge in [-0.3, -0.25) is 0 Å². The highest BCUT2D eigenvalue weighted by Gasteiger charge is 2.33. The smallest absolute Gasteiger partial charge is 0.0236 e. The van der Waals surface area contributed by atoms with E-state index >= 15 is 0 Å². The first-order chi connectivity index (χ1) is 71.3. The summed E-state index contributed by atoms with van der Waals surface area (Å²) >= 11 is 0. The average Bonchev–Trinajstić information content (AvgIpc) is 0.870. The molecule has 7 heterocycles. The van der Waals surface area contributed by atoms with Crippen LogP contribution in [0.2, 0.25) is 0 Å². The summed E-state index contributed by atoms with van der Waals surface area (Å²) in [6, 6.07) is 132. The molecule has 11 aliphatic rings. The van der Waals surface area contributed by atoms with Gasteiger partial charge in [-0.1, -0.05) is 391 Å². The highest BCUT2D eigenvalue weighted by atomic mass is 15.1. The maximum Gasteiger partial charge on any atom is 0.0236 e. The predicted molar refractivity (Wildman–Crippen MR) is 600 cm³/mol. The van der Waals surface area contributed by atoms with Crippen LogP contribution >= 0.6 is 0 Å². The van der Waals surface area contributed by atoms with Crippen molar-refractivity contribution in [1.82, 2.24) is 85.1 Å². The van der Waals surface area contributed by atoms with Crippen LogP contribution in [0.15, 0.2) is 340 Å². The molecule has 16 nitrogen and oxygen atoms in total. The Bertz CT molecular complexity index is 4430. The van der Waals surface area contributed by atoms with Crippen molar-refractivity contribution in [3.63, 3.8) is 0 Å². The van der Waals surface area contributed by atoms with Gasteiger partial charge in [-0.15, -0.1) is 0 Å². The van der Waals surface area contributed by atoms with Gasteiger partial charge < -0.3 is 85.1 Å². The molecule has 0 aromatic heterocycles. The summed E-state index contributed by atoms with van der Waals surface area (Å²) < 4.78 is 0. The van der Waals surface area contributed by atoms with Gasteiger partial charge in [-0.05, 0) is 192 Å². The maximum atomic E-state index is 4.20. The summed E-state index contributed by atoms with van der Waals surface area (Å²) in [6.07, 6.45) is 27.0. The summed E-state index contributed by atoms with van der Waals surface area (Å²) in [5, 5.41) is 66.3. The minimum atomic E-state index is 0.252. The Balaban J connectivity index is 0.574. The molecule has 8 bridgehead atoms. The van der Waals surface area contributed by atoms with Gasteiger partial charge in [0.1, 0.15) is 0 Å². The maximum absolute atomic E-state index is 4.20. The second-order valence-corrected chi connectivity index (χ2v) is 42.7. The second kappa shape index (κ2) is 59.1. The molecule has 12 aromatic carbocycles. The Labute approximate surface area is 863 Å².